The fourth-order valence-corrected chi connectivity index (χ4v) is 4.34. The fourth-order valence-electron chi connectivity index (χ4n) is 3.32. The molecular weight excluding hydrogens is 403 g/mol. The number of rotatable bonds is 6. The number of alkyl halides is 3. The molecule has 29 heavy (non-hydrogen) atoms. The standard InChI is InChI=1S/C20H20F3N3O2S/c1-10-7-16(29-19(10)28-9-20(21,22)23)11(2)24-18(27)13-8-12(13)17-25-14-5-3-4-6-15(14)26-17/h3-7,11-13H,8-9H2,1-2H3,(H,24,27)(H,25,26)/t11-,12-,13-/m1/s1. The Kier molecular flexibility index (Phi) is 5.02. The second-order valence-electron chi connectivity index (χ2n) is 7.34. The van der Waals surface area contributed by atoms with E-state index in [1.165, 1.54) is 0 Å². The summed E-state index contributed by atoms with van der Waals surface area (Å²) in [6.45, 7) is 2.18. The molecule has 1 aliphatic carbocycles. The van der Waals surface area contributed by atoms with Gasteiger partial charge in [0.15, 0.2) is 11.7 Å². The molecule has 0 unspecified atom stereocenters. The number of halogens is 3. The number of thiophene rings is 1. The van der Waals surface area contributed by atoms with Crippen LogP contribution in [0.2, 0.25) is 0 Å². The number of ether oxygens (including phenoxy) is 1. The van der Waals surface area contributed by atoms with Crippen LogP contribution in [0.5, 0.6) is 5.06 Å². The van der Waals surface area contributed by atoms with Gasteiger partial charge in [0, 0.05) is 22.3 Å². The van der Waals surface area contributed by atoms with Crippen LogP contribution < -0.4 is 10.1 Å². The van der Waals surface area contributed by atoms with Crippen molar-refractivity contribution < 1.29 is 22.7 Å². The minimum absolute atomic E-state index is 0.0605. The highest BCUT2D eigenvalue weighted by Crippen LogP contribution is 2.47. The van der Waals surface area contributed by atoms with Crippen LogP contribution in [-0.2, 0) is 4.79 Å². The number of nitrogens with zero attached hydrogens (tertiary/aromatic N) is 1. The molecule has 2 aromatic heterocycles. The molecule has 2 heterocycles. The predicted molar refractivity (Wildman–Crippen MR) is 104 cm³/mol. The molecule has 0 saturated heterocycles. The summed E-state index contributed by atoms with van der Waals surface area (Å²) < 4.78 is 42.0. The van der Waals surface area contributed by atoms with Crippen LogP contribution in [0.15, 0.2) is 30.3 Å². The summed E-state index contributed by atoms with van der Waals surface area (Å²) in [7, 11) is 0. The number of para-hydroxylation sites is 2. The highest BCUT2D eigenvalue weighted by atomic mass is 32.1. The summed E-state index contributed by atoms with van der Waals surface area (Å²) >= 11 is 1.13. The molecule has 0 aliphatic heterocycles. The van der Waals surface area contributed by atoms with E-state index >= 15 is 0 Å². The van der Waals surface area contributed by atoms with Gasteiger partial charge in [-0.05, 0) is 38.5 Å². The van der Waals surface area contributed by atoms with Crippen molar-refractivity contribution in [3.8, 4) is 5.06 Å². The van der Waals surface area contributed by atoms with Gasteiger partial charge in [-0.3, -0.25) is 4.79 Å². The molecule has 1 aliphatic rings. The van der Waals surface area contributed by atoms with Crippen molar-refractivity contribution in [2.75, 3.05) is 6.61 Å². The monoisotopic (exact) mass is 423 g/mol. The Morgan fingerprint density at radius 3 is 2.90 bits per heavy atom. The predicted octanol–water partition coefficient (Wildman–Crippen LogP) is 4.85. The van der Waals surface area contributed by atoms with Gasteiger partial charge in [0.25, 0.3) is 0 Å². The first-order chi connectivity index (χ1) is 13.7. The number of imidazole rings is 1. The summed E-state index contributed by atoms with van der Waals surface area (Å²) in [5, 5.41) is 3.18. The second-order valence-corrected chi connectivity index (χ2v) is 8.39. The zero-order valence-corrected chi connectivity index (χ0v) is 16.7. The van der Waals surface area contributed by atoms with E-state index in [0.29, 0.717) is 5.56 Å². The van der Waals surface area contributed by atoms with Gasteiger partial charge in [0.2, 0.25) is 5.91 Å². The Balaban J connectivity index is 1.36. The zero-order valence-electron chi connectivity index (χ0n) is 15.8. The number of aryl methyl sites for hydroxylation is 1. The van der Waals surface area contributed by atoms with Gasteiger partial charge >= 0.3 is 6.18 Å². The summed E-state index contributed by atoms with van der Waals surface area (Å²) in [5.41, 5.74) is 2.45. The van der Waals surface area contributed by atoms with Crippen molar-refractivity contribution in [3.63, 3.8) is 0 Å². The quantitative estimate of drug-likeness (QED) is 0.595. The van der Waals surface area contributed by atoms with Crippen LogP contribution in [0.25, 0.3) is 11.0 Å². The first-order valence-electron chi connectivity index (χ1n) is 9.26. The van der Waals surface area contributed by atoms with E-state index in [2.05, 4.69) is 15.3 Å². The van der Waals surface area contributed by atoms with Crippen LogP contribution in [0.3, 0.4) is 0 Å². The second kappa shape index (κ2) is 7.37. The molecular formula is C20H20F3N3O2S. The summed E-state index contributed by atoms with van der Waals surface area (Å²) in [4.78, 5) is 21.2. The molecule has 0 radical (unpaired) electrons. The summed E-state index contributed by atoms with van der Waals surface area (Å²) in [6.07, 6.45) is -3.66. The van der Waals surface area contributed by atoms with Gasteiger partial charge in [-0.1, -0.05) is 12.1 Å². The van der Waals surface area contributed by atoms with E-state index in [0.717, 1.165) is 39.5 Å². The number of aromatic amines is 1. The Morgan fingerprint density at radius 1 is 1.41 bits per heavy atom. The number of hydrogen-bond donors (Lipinski definition) is 2. The summed E-state index contributed by atoms with van der Waals surface area (Å²) in [6, 6.07) is 9.16. The molecule has 3 atom stereocenters. The minimum Gasteiger partial charge on any atom is -0.474 e. The van der Waals surface area contributed by atoms with Gasteiger partial charge < -0.3 is 15.0 Å². The van der Waals surface area contributed by atoms with Crippen LogP contribution in [-0.4, -0.2) is 28.7 Å². The maximum absolute atomic E-state index is 12.6. The van der Waals surface area contributed by atoms with Gasteiger partial charge in [-0.15, -0.1) is 11.3 Å². The average Bonchev–Trinajstić information content (AvgIpc) is 3.20. The average molecular weight is 423 g/mol. The Bertz CT molecular complexity index is 1010. The largest absolute Gasteiger partial charge is 0.474 e. The highest BCUT2D eigenvalue weighted by Gasteiger charge is 2.46. The van der Waals surface area contributed by atoms with Crippen molar-refractivity contribution in [3.05, 3.63) is 46.6 Å². The normalized spacial score (nSPS) is 19.9. The van der Waals surface area contributed by atoms with Crippen LogP contribution in [0, 0.1) is 12.8 Å². The molecule has 0 bridgehead atoms. The molecule has 3 aromatic rings. The van der Waals surface area contributed by atoms with Gasteiger partial charge in [-0.25, -0.2) is 4.98 Å². The number of carbonyl (C=O) groups excluding carboxylic acids is 1. The smallest absolute Gasteiger partial charge is 0.422 e. The number of benzene rings is 1. The molecule has 1 fully saturated rings. The zero-order chi connectivity index (χ0) is 20.8. The fraction of sp³-hybridized carbons (Fsp3) is 0.400. The van der Waals surface area contributed by atoms with Crippen molar-refractivity contribution >= 4 is 28.3 Å². The molecule has 0 spiro atoms. The SMILES string of the molecule is Cc1cc([C@@H](C)NC(=O)[C@@H]2C[C@H]2c2nc3ccccc3[nH]2)sc1OCC(F)(F)F. The molecule has 154 valence electrons. The Morgan fingerprint density at radius 2 is 2.17 bits per heavy atom. The topological polar surface area (TPSA) is 67.0 Å². The number of carbonyl (C=O) groups is 1. The Hall–Kier alpha value is -2.55. The third kappa shape index (κ3) is 4.39. The first kappa shape index (κ1) is 19.8. The molecule has 1 saturated carbocycles. The van der Waals surface area contributed by atoms with Gasteiger partial charge in [0.05, 0.1) is 17.1 Å². The molecule has 9 heteroatoms. The lowest BCUT2D eigenvalue weighted by Crippen LogP contribution is -2.28. The summed E-state index contributed by atoms with van der Waals surface area (Å²) in [5.74, 6) is 0.644. The third-order valence-electron chi connectivity index (χ3n) is 4.93. The van der Waals surface area contributed by atoms with Crippen molar-refractivity contribution in [2.45, 2.75) is 38.4 Å². The highest BCUT2D eigenvalue weighted by molar-refractivity contribution is 7.14. The molecule has 4 rings (SSSR count). The maximum Gasteiger partial charge on any atom is 0.422 e. The van der Waals surface area contributed by atoms with Crippen molar-refractivity contribution in [1.29, 1.82) is 0 Å². The van der Waals surface area contributed by atoms with E-state index in [-0.39, 0.29) is 28.8 Å². The number of aromatic nitrogens is 2. The lowest BCUT2D eigenvalue weighted by molar-refractivity contribution is -0.153. The number of hydrogen-bond acceptors (Lipinski definition) is 4. The molecule has 5 nitrogen and oxygen atoms in total. The van der Waals surface area contributed by atoms with E-state index in [4.69, 9.17) is 4.74 Å². The number of amides is 1. The first-order valence-corrected chi connectivity index (χ1v) is 10.1. The number of fused-ring (bicyclic) bond motifs is 1. The molecule has 1 aromatic carbocycles. The minimum atomic E-state index is -4.38. The van der Waals surface area contributed by atoms with E-state index in [9.17, 15) is 18.0 Å². The van der Waals surface area contributed by atoms with E-state index in [1.54, 1.807) is 13.0 Å². The van der Waals surface area contributed by atoms with Crippen molar-refractivity contribution in [2.24, 2.45) is 5.92 Å². The van der Waals surface area contributed by atoms with Crippen LogP contribution in [0.4, 0.5) is 13.2 Å². The lowest BCUT2D eigenvalue weighted by atomic mass is 10.2. The lowest BCUT2D eigenvalue weighted by Gasteiger charge is -2.12. The third-order valence-corrected chi connectivity index (χ3v) is 6.26. The van der Waals surface area contributed by atoms with Crippen LogP contribution in [0.1, 0.15) is 41.6 Å². The number of H-pyrrole nitrogens is 1. The molecule has 2 N–H and O–H groups in total. The van der Waals surface area contributed by atoms with E-state index < -0.39 is 12.8 Å². The molecule has 1 amide bonds. The van der Waals surface area contributed by atoms with Gasteiger partial charge in [-0.2, -0.15) is 13.2 Å². The Labute approximate surface area is 169 Å². The number of nitrogens with one attached hydrogen (secondary N) is 2. The maximum atomic E-state index is 12.6. The van der Waals surface area contributed by atoms with Crippen molar-refractivity contribution in [1.82, 2.24) is 15.3 Å². The van der Waals surface area contributed by atoms with Gasteiger partial charge in [0.1, 0.15) is 5.82 Å². The van der Waals surface area contributed by atoms with E-state index in [1.807, 2.05) is 31.2 Å². The van der Waals surface area contributed by atoms with Crippen LogP contribution >= 0.6 is 11.3 Å².